The van der Waals surface area contributed by atoms with Crippen LogP contribution in [0.3, 0.4) is 0 Å². The van der Waals surface area contributed by atoms with Crippen LogP contribution in [0.5, 0.6) is 11.5 Å². The molecule has 0 saturated carbocycles. The highest BCUT2D eigenvalue weighted by atomic mass is 16.5. The van der Waals surface area contributed by atoms with Gasteiger partial charge in [-0.15, -0.1) is 0 Å². The minimum atomic E-state index is 0.343. The van der Waals surface area contributed by atoms with Gasteiger partial charge in [-0.25, -0.2) is 4.99 Å². The Balaban J connectivity index is 1.72. The highest BCUT2D eigenvalue weighted by Gasteiger charge is 2.14. The molecule has 25 heavy (non-hydrogen) atoms. The number of ether oxygens (including phenoxy) is 3. The monoisotopic (exact) mass is 341 g/mol. The van der Waals surface area contributed by atoms with Gasteiger partial charge in [0.2, 0.25) is 0 Å². The molecule has 1 aliphatic rings. The Morgan fingerprint density at radius 1 is 1.12 bits per heavy atom. The Hall–Kier alpha value is -2.73. The van der Waals surface area contributed by atoms with Crippen molar-refractivity contribution >= 4 is 11.6 Å². The average molecular weight is 341 g/mol. The molecule has 0 spiro atoms. The standard InChI is InChI=1S/C19H23N3O3/c1-23-13-15-6-2-3-8-16(15)22-19(20)21-12-14-7-4-9-17-18(14)25-11-5-10-24-17/h2-4,6-9H,5,10-13H2,1H3,(H3,20,21,22). The van der Waals surface area contributed by atoms with Gasteiger partial charge in [0.15, 0.2) is 17.5 Å². The lowest BCUT2D eigenvalue weighted by Gasteiger charge is -2.12. The Labute approximate surface area is 147 Å². The molecule has 0 aliphatic carbocycles. The van der Waals surface area contributed by atoms with Gasteiger partial charge < -0.3 is 25.3 Å². The van der Waals surface area contributed by atoms with Gasteiger partial charge in [-0.3, -0.25) is 0 Å². The number of aliphatic imine (C=N–C) groups is 1. The topological polar surface area (TPSA) is 78.1 Å². The fourth-order valence-electron chi connectivity index (χ4n) is 2.65. The van der Waals surface area contributed by atoms with Crippen molar-refractivity contribution < 1.29 is 14.2 Å². The number of nitrogens with one attached hydrogen (secondary N) is 1. The minimum Gasteiger partial charge on any atom is -0.490 e. The maximum absolute atomic E-state index is 6.05. The van der Waals surface area contributed by atoms with Crippen LogP contribution in [0, 0.1) is 0 Å². The molecule has 0 saturated heterocycles. The van der Waals surface area contributed by atoms with E-state index in [1.165, 1.54) is 0 Å². The number of nitrogens with zero attached hydrogens (tertiary/aromatic N) is 1. The second kappa shape index (κ2) is 8.39. The van der Waals surface area contributed by atoms with Gasteiger partial charge >= 0.3 is 0 Å². The van der Waals surface area contributed by atoms with Gasteiger partial charge in [-0.1, -0.05) is 30.3 Å². The van der Waals surface area contributed by atoms with Crippen molar-refractivity contribution in [1.29, 1.82) is 0 Å². The third-order valence-corrected chi connectivity index (χ3v) is 3.85. The zero-order valence-electron chi connectivity index (χ0n) is 14.3. The minimum absolute atomic E-state index is 0.343. The summed E-state index contributed by atoms with van der Waals surface area (Å²) in [6.45, 7) is 2.23. The fourth-order valence-corrected chi connectivity index (χ4v) is 2.65. The van der Waals surface area contributed by atoms with Gasteiger partial charge in [0.25, 0.3) is 0 Å². The zero-order chi connectivity index (χ0) is 17.5. The SMILES string of the molecule is COCc1ccccc1NC(N)=NCc1cccc2c1OCCCO2. The number of guanidine groups is 1. The number of fused-ring (bicyclic) bond motifs is 1. The molecule has 0 aromatic heterocycles. The van der Waals surface area contributed by atoms with Crippen LogP contribution in [0.4, 0.5) is 5.69 Å². The summed E-state index contributed by atoms with van der Waals surface area (Å²) in [6, 6.07) is 13.7. The molecule has 0 atom stereocenters. The van der Waals surface area contributed by atoms with E-state index in [9.17, 15) is 0 Å². The molecule has 132 valence electrons. The van der Waals surface area contributed by atoms with Crippen molar-refractivity contribution in [3.05, 3.63) is 53.6 Å². The molecule has 0 amide bonds. The number of hydrogen-bond acceptors (Lipinski definition) is 4. The second-order valence-electron chi connectivity index (χ2n) is 5.71. The lowest BCUT2D eigenvalue weighted by Crippen LogP contribution is -2.23. The van der Waals surface area contributed by atoms with Crippen molar-refractivity contribution in [2.24, 2.45) is 10.7 Å². The summed E-state index contributed by atoms with van der Waals surface area (Å²) >= 11 is 0. The largest absolute Gasteiger partial charge is 0.490 e. The van der Waals surface area contributed by atoms with Gasteiger partial charge in [-0.05, 0) is 12.1 Å². The first-order valence-corrected chi connectivity index (χ1v) is 8.29. The van der Waals surface area contributed by atoms with Crippen LogP contribution in [-0.2, 0) is 17.9 Å². The summed E-state index contributed by atoms with van der Waals surface area (Å²) < 4.78 is 16.7. The van der Waals surface area contributed by atoms with E-state index in [1.807, 2.05) is 42.5 Å². The quantitative estimate of drug-likeness (QED) is 0.646. The van der Waals surface area contributed by atoms with Crippen molar-refractivity contribution in [1.82, 2.24) is 0 Å². The lowest BCUT2D eigenvalue weighted by atomic mass is 10.2. The molecule has 1 heterocycles. The van der Waals surface area contributed by atoms with Crippen LogP contribution < -0.4 is 20.5 Å². The van der Waals surface area contributed by atoms with E-state index in [2.05, 4.69) is 10.3 Å². The molecule has 3 N–H and O–H groups in total. The first-order chi connectivity index (χ1) is 12.3. The van der Waals surface area contributed by atoms with E-state index >= 15 is 0 Å². The number of benzene rings is 2. The first kappa shape index (κ1) is 17.1. The highest BCUT2D eigenvalue weighted by molar-refractivity contribution is 5.93. The van der Waals surface area contributed by atoms with Gasteiger partial charge in [0.05, 0.1) is 26.4 Å². The molecule has 2 aromatic rings. The predicted molar refractivity (Wildman–Crippen MR) is 98.2 cm³/mol. The van der Waals surface area contributed by atoms with Crippen LogP contribution in [0.25, 0.3) is 0 Å². The van der Waals surface area contributed by atoms with Crippen LogP contribution >= 0.6 is 0 Å². The Morgan fingerprint density at radius 3 is 2.80 bits per heavy atom. The molecular formula is C19H23N3O3. The summed E-state index contributed by atoms with van der Waals surface area (Å²) in [4.78, 5) is 4.44. The van der Waals surface area contributed by atoms with E-state index in [1.54, 1.807) is 7.11 Å². The molecule has 6 nitrogen and oxygen atoms in total. The highest BCUT2D eigenvalue weighted by Crippen LogP contribution is 2.33. The molecule has 0 radical (unpaired) electrons. The normalized spacial score (nSPS) is 14.0. The Kier molecular flexibility index (Phi) is 5.74. The third-order valence-electron chi connectivity index (χ3n) is 3.85. The van der Waals surface area contributed by atoms with E-state index in [4.69, 9.17) is 19.9 Å². The number of anilines is 1. The van der Waals surface area contributed by atoms with E-state index in [-0.39, 0.29) is 0 Å². The van der Waals surface area contributed by atoms with Crippen LogP contribution in [-0.4, -0.2) is 26.3 Å². The summed E-state index contributed by atoms with van der Waals surface area (Å²) in [5.74, 6) is 1.87. The van der Waals surface area contributed by atoms with E-state index in [0.29, 0.717) is 32.3 Å². The predicted octanol–water partition coefficient (Wildman–Crippen LogP) is 2.92. The Morgan fingerprint density at radius 2 is 1.92 bits per heavy atom. The van der Waals surface area contributed by atoms with Crippen molar-refractivity contribution in [3.63, 3.8) is 0 Å². The number of hydrogen-bond donors (Lipinski definition) is 2. The first-order valence-electron chi connectivity index (χ1n) is 8.29. The molecule has 0 unspecified atom stereocenters. The maximum Gasteiger partial charge on any atom is 0.193 e. The molecule has 6 heteroatoms. The fraction of sp³-hybridized carbons (Fsp3) is 0.316. The third kappa shape index (κ3) is 4.42. The van der Waals surface area contributed by atoms with Crippen molar-refractivity contribution in [2.45, 2.75) is 19.6 Å². The number of methoxy groups -OCH3 is 1. The molecule has 1 aliphatic heterocycles. The summed E-state index contributed by atoms with van der Waals surface area (Å²) in [6.07, 6.45) is 0.872. The van der Waals surface area contributed by atoms with Crippen LogP contribution in [0.15, 0.2) is 47.5 Å². The smallest absolute Gasteiger partial charge is 0.193 e. The Bertz CT molecular complexity index is 746. The number of rotatable bonds is 5. The molecule has 0 fully saturated rings. The zero-order valence-corrected chi connectivity index (χ0v) is 14.3. The van der Waals surface area contributed by atoms with Gasteiger partial charge in [-0.2, -0.15) is 0 Å². The second-order valence-corrected chi connectivity index (χ2v) is 5.71. The number of para-hydroxylation sites is 2. The van der Waals surface area contributed by atoms with Crippen LogP contribution in [0.1, 0.15) is 17.5 Å². The van der Waals surface area contributed by atoms with Crippen LogP contribution in [0.2, 0.25) is 0 Å². The summed E-state index contributed by atoms with van der Waals surface area (Å²) in [7, 11) is 1.66. The van der Waals surface area contributed by atoms with E-state index < -0.39 is 0 Å². The average Bonchev–Trinajstić information content (AvgIpc) is 2.88. The molecular weight excluding hydrogens is 318 g/mol. The molecule has 0 bridgehead atoms. The van der Waals surface area contributed by atoms with Crippen molar-refractivity contribution in [2.75, 3.05) is 25.6 Å². The maximum atomic E-state index is 6.05. The summed E-state index contributed by atoms with van der Waals surface area (Å²) in [5.41, 5.74) is 8.91. The molecule has 3 rings (SSSR count). The number of nitrogens with two attached hydrogens (primary N) is 1. The lowest BCUT2D eigenvalue weighted by molar-refractivity contribution is 0.185. The van der Waals surface area contributed by atoms with E-state index in [0.717, 1.165) is 34.7 Å². The van der Waals surface area contributed by atoms with Crippen molar-refractivity contribution in [3.8, 4) is 11.5 Å². The summed E-state index contributed by atoms with van der Waals surface area (Å²) in [5, 5.41) is 3.13. The molecule has 2 aromatic carbocycles. The van der Waals surface area contributed by atoms with Gasteiger partial charge in [0.1, 0.15) is 0 Å². The van der Waals surface area contributed by atoms with Gasteiger partial charge in [0, 0.05) is 30.3 Å².